The van der Waals surface area contributed by atoms with Crippen LogP contribution in [0.5, 0.6) is 11.6 Å². The fourth-order valence-electron chi connectivity index (χ4n) is 1.47. The molecule has 0 aromatic carbocycles. The average Bonchev–Trinajstić information content (AvgIpc) is 2.17. The van der Waals surface area contributed by atoms with Crippen LogP contribution in [-0.4, -0.2) is 43.2 Å². The second-order valence-electron chi connectivity index (χ2n) is 3.50. The predicted octanol–water partition coefficient (Wildman–Crippen LogP) is 0.783. The summed E-state index contributed by atoms with van der Waals surface area (Å²) in [6.45, 7) is 1.98. The number of aromatic nitrogens is 1. The first-order valence-corrected chi connectivity index (χ1v) is 4.63. The molecule has 1 aromatic heterocycles. The maximum atomic E-state index is 5.66. The molecular formula is C10H14N2O2. The summed E-state index contributed by atoms with van der Waals surface area (Å²) >= 11 is 0. The summed E-state index contributed by atoms with van der Waals surface area (Å²) in [4.78, 5) is 6.28. The van der Waals surface area contributed by atoms with E-state index >= 15 is 0 Å². The van der Waals surface area contributed by atoms with Crippen LogP contribution in [0.3, 0.4) is 0 Å². The van der Waals surface area contributed by atoms with Gasteiger partial charge in [0, 0.05) is 19.2 Å². The summed E-state index contributed by atoms with van der Waals surface area (Å²) in [6.07, 6.45) is 2.01. The third-order valence-electron chi connectivity index (χ3n) is 2.25. The van der Waals surface area contributed by atoms with Crippen molar-refractivity contribution in [1.82, 2.24) is 9.88 Å². The molecule has 2 rings (SSSR count). The Bertz CT molecular complexity index is 293. The van der Waals surface area contributed by atoms with Crippen molar-refractivity contribution >= 4 is 0 Å². The number of pyridine rings is 1. The molecule has 0 amide bonds. The Morgan fingerprint density at radius 1 is 1.43 bits per heavy atom. The largest absolute Gasteiger partial charge is 0.486 e. The van der Waals surface area contributed by atoms with Gasteiger partial charge >= 0.3 is 0 Å². The van der Waals surface area contributed by atoms with Crippen LogP contribution in [0.1, 0.15) is 0 Å². The normalized spacial score (nSPS) is 17.6. The van der Waals surface area contributed by atoms with E-state index in [9.17, 15) is 0 Å². The number of nitrogens with zero attached hydrogens (tertiary/aromatic N) is 2. The topological polar surface area (TPSA) is 34.6 Å². The van der Waals surface area contributed by atoms with Gasteiger partial charge in [0.2, 0.25) is 5.88 Å². The quantitative estimate of drug-likeness (QED) is 0.712. The number of ether oxygens (including phenoxy) is 2. The molecule has 1 aliphatic rings. The van der Waals surface area contributed by atoms with Crippen molar-refractivity contribution in [3.63, 3.8) is 0 Å². The van der Waals surface area contributed by atoms with Gasteiger partial charge in [-0.05, 0) is 13.1 Å². The molecular weight excluding hydrogens is 180 g/mol. The first-order valence-electron chi connectivity index (χ1n) is 4.63. The van der Waals surface area contributed by atoms with Crippen LogP contribution in [0.25, 0.3) is 0 Å². The summed E-state index contributed by atoms with van der Waals surface area (Å²) < 4.78 is 10.6. The van der Waals surface area contributed by atoms with Crippen LogP contribution in [0, 0.1) is 0 Å². The van der Waals surface area contributed by atoms with E-state index in [-0.39, 0.29) is 0 Å². The van der Waals surface area contributed by atoms with Crippen molar-refractivity contribution in [2.45, 2.75) is 6.10 Å². The van der Waals surface area contributed by atoms with Crippen molar-refractivity contribution < 1.29 is 9.47 Å². The predicted molar refractivity (Wildman–Crippen MR) is 52.7 cm³/mol. The van der Waals surface area contributed by atoms with E-state index < -0.39 is 0 Å². The molecule has 2 heterocycles. The zero-order valence-corrected chi connectivity index (χ0v) is 8.43. The van der Waals surface area contributed by atoms with Gasteiger partial charge in [-0.1, -0.05) is 0 Å². The molecule has 0 atom stereocenters. The van der Waals surface area contributed by atoms with Gasteiger partial charge < -0.3 is 9.47 Å². The standard InChI is InChI=1S/C10H14N2O2/c1-12-6-9(7-12)14-8-3-4-10(13-2)11-5-8/h3-5,9H,6-7H2,1-2H3. The number of likely N-dealkylation sites (N-methyl/N-ethyl adjacent to an activating group) is 1. The lowest BCUT2D eigenvalue weighted by atomic mass is 10.2. The maximum absolute atomic E-state index is 5.66. The van der Waals surface area contributed by atoms with Gasteiger partial charge in [0.25, 0.3) is 0 Å². The third kappa shape index (κ3) is 1.96. The molecule has 1 fully saturated rings. The van der Waals surface area contributed by atoms with Gasteiger partial charge in [-0.2, -0.15) is 0 Å². The Kier molecular flexibility index (Phi) is 2.54. The highest BCUT2D eigenvalue weighted by atomic mass is 16.5. The molecule has 76 valence electrons. The Hall–Kier alpha value is -1.29. The first kappa shape index (κ1) is 9.27. The lowest BCUT2D eigenvalue weighted by molar-refractivity contribution is 0.0385. The number of rotatable bonds is 3. The first-order chi connectivity index (χ1) is 6.78. The van der Waals surface area contributed by atoms with Crippen molar-refractivity contribution in [2.24, 2.45) is 0 Å². The molecule has 0 unspecified atom stereocenters. The van der Waals surface area contributed by atoms with Crippen molar-refractivity contribution in [1.29, 1.82) is 0 Å². The van der Waals surface area contributed by atoms with E-state index in [1.54, 1.807) is 19.4 Å². The molecule has 0 spiro atoms. The van der Waals surface area contributed by atoms with E-state index in [0.29, 0.717) is 12.0 Å². The van der Waals surface area contributed by atoms with Crippen LogP contribution >= 0.6 is 0 Å². The molecule has 1 saturated heterocycles. The molecule has 14 heavy (non-hydrogen) atoms. The van der Waals surface area contributed by atoms with Crippen LogP contribution in [0.4, 0.5) is 0 Å². The lowest BCUT2D eigenvalue weighted by Gasteiger charge is -2.35. The van der Waals surface area contributed by atoms with Crippen molar-refractivity contribution in [3.8, 4) is 11.6 Å². The minimum absolute atomic E-state index is 0.315. The van der Waals surface area contributed by atoms with E-state index in [1.165, 1.54) is 0 Å². The van der Waals surface area contributed by atoms with E-state index in [2.05, 4.69) is 16.9 Å². The van der Waals surface area contributed by atoms with Crippen molar-refractivity contribution in [2.75, 3.05) is 27.2 Å². The lowest BCUT2D eigenvalue weighted by Crippen LogP contribution is -2.51. The molecule has 0 N–H and O–H groups in total. The highest BCUT2D eigenvalue weighted by Crippen LogP contribution is 2.17. The fourth-order valence-corrected chi connectivity index (χ4v) is 1.47. The second-order valence-corrected chi connectivity index (χ2v) is 3.50. The summed E-state index contributed by atoms with van der Waals surface area (Å²) in [5, 5.41) is 0. The Labute approximate surface area is 83.5 Å². The minimum Gasteiger partial charge on any atom is -0.486 e. The van der Waals surface area contributed by atoms with Gasteiger partial charge in [-0.15, -0.1) is 0 Å². The van der Waals surface area contributed by atoms with Gasteiger partial charge in [-0.25, -0.2) is 4.98 Å². The number of likely N-dealkylation sites (tertiary alicyclic amines) is 1. The van der Waals surface area contributed by atoms with E-state index in [1.807, 2.05) is 6.07 Å². The third-order valence-corrected chi connectivity index (χ3v) is 2.25. The molecule has 1 aliphatic heterocycles. The molecule has 0 saturated carbocycles. The average molecular weight is 194 g/mol. The molecule has 4 heteroatoms. The summed E-state index contributed by atoms with van der Waals surface area (Å²) in [6, 6.07) is 3.68. The number of methoxy groups -OCH3 is 1. The summed E-state index contributed by atoms with van der Waals surface area (Å²) in [5.41, 5.74) is 0. The zero-order chi connectivity index (χ0) is 9.97. The van der Waals surface area contributed by atoms with Crippen LogP contribution in [-0.2, 0) is 0 Å². The van der Waals surface area contributed by atoms with E-state index in [0.717, 1.165) is 18.8 Å². The van der Waals surface area contributed by atoms with Crippen LogP contribution < -0.4 is 9.47 Å². The zero-order valence-electron chi connectivity index (χ0n) is 8.43. The minimum atomic E-state index is 0.315. The van der Waals surface area contributed by atoms with Gasteiger partial charge in [-0.3, -0.25) is 4.90 Å². The van der Waals surface area contributed by atoms with Gasteiger partial charge in [0.05, 0.1) is 13.3 Å². The molecule has 1 aromatic rings. The van der Waals surface area contributed by atoms with Crippen LogP contribution in [0.15, 0.2) is 18.3 Å². The highest BCUT2D eigenvalue weighted by molar-refractivity contribution is 5.23. The monoisotopic (exact) mass is 194 g/mol. The van der Waals surface area contributed by atoms with Gasteiger partial charge in [0.15, 0.2) is 0 Å². The smallest absolute Gasteiger partial charge is 0.213 e. The van der Waals surface area contributed by atoms with E-state index in [4.69, 9.17) is 9.47 Å². The molecule has 4 nitrogen and oxygen atoms in total. The summed E-state index contributed by atoms with van der Waals surface area (Å²) in [5.74, 6) is 1.42. The maximum Gasteiger partial charge on any atom is 0.213 e. The second kappa shape index (κ2) is 3.84. The Morgan fingerprint density at radius 2 is 2.21 bits per heavy atom. The Morgan fingerprint density at radius 3 is 2.71 bits per heavy atom. The number of hydrogen-bond donors (Lipinski definition) is 0. The molecule has 0 radical (unpaired) electrons. The van der Waals surface area contributed by atoms with Gasteiger partial charge in [0.1, 0.15) is 11.9 Å². The SMILES string of the molecule is COc1ccc(OC2CN(C)C2)cn1. The number of hydrogen-bond acceptors (Lipinski definition) is 4. The Balaban J connectivity index is 1.90. The fraction of sp³-hybridized carbons (Fsp3) is 0.500. The molecule has 0 aliphatic carbocycles. The van der Waals surface area contributed by atoms with Crippen LogP contribution in [0.2, 0.25) is 0 Å². The molecule has 0 bridgehead atoms. The highest BCUT2D eigenvalue weighted by Gasteiger charge is 2.24. The van der Waals surface area contributed by atoms with Crippen molar-refractivity contribution in [3.05, 3.63) is 18.3 Å². The summed E-state index contributed by atoms with van der Waals surface area (Å²) in [7, 11) is 3.68.